The van der Waals surface area contributed by atoms with Gasteiger partial charge in [0.2, 0.25) is 0 Å². The van der Waals surface area contributed by atoms with Gasteiger partial charge in [-0.1, -0.05) is 0 Å². The van der Waals surface area contributed by atoms with Gasteiger partial charge in [0.25, 0.3) is 10.2 Å². The quantitative estimate of drug-likeness (QED) is 0.803. The number of aliphatic hydroxyl groups excluding tert-OH is 1. The maximum Gasteiger partial charge on any atom is 0.279 e. The zero-order valence-corrected chi connectivity index (χ0v) is 13.4. The number of rotatable bonds is 7. The highest BCUT2D eigenvalue weighted by Crippen LogP contribution is 2.26. The average Bonchev–Trinajstić information content (AvgIpc) is 2.64. The van der Waals surface area contributed by atoms with Crippen LogP contribution in [0.5, 0.6) is 0 Å². The van der Waals surface area contributed by atoms with Crippen LogP contribution in [0.15, 0.2) is 6.07 Å². The Bertz CT molecular complexity index is 511. The first-order valence-electron chi connectivity index (χ1n) is 6.19. The van der Waals surface area contributed by atoms with Crippen molar-refractivity contribution in [2.45, 2.75) is 33.2 Å². The molecule has 0 amide bonds. The second-order valence-electron chi connectivity index (χ2n) is 4.61. The molecule has 0 radical (unpaired) electrons. The maximum absolute atomic E-state index is 12.1. The molecule has 1 atom stereocenters. The van der Waals surface area contributed by atoms with Crippen molar-refractivity contribution >= 4 is 21.5 Å². The molecule has 2 N–H and O–H groups in total. The van der Waals surface area contributed by atoms with Crippen LogP contribution in [0.3, 0.4) is 0 Å². The lowest BCUT2D eigenvalue weighted by atomic mass is 10.1. The fourth-order valence-electron chi connectivity index (χ4n) is 1.87. The van der Waals surface area contributed by atoms with E-state index in [1.54, 1.807) is 11.3 Å². The van der Waals surface area contributed by atoms with Gasteiger partial charge in [0.1, 0.15) is 0 Å². The van der Waals surface area contributed by atoms with Crippen LogP contribution < -0.4 is 4.72 Å². The second kappa shape index (κ2) is 6.81. The van der Waals surface area contributed by atoms with Gasteiger partial charge in [-0.15, -0.1) is 11.3 Å². The molecule has 1 aromatic rings. The first-order chi connectivity index (χ1) is 8.77. The average molecular weight is 306 g/mol. The van der Waals surface area contributed by atoms with E-state index in [0.29, 0.717) is 13.0 Å². The molecule has 0 saturated carbocycles. The summed E-state index contributed by atoms with van der Waals surface area (Å²) in [6.45, 7) is 6.13. The van der Waals surface area contributed by atoms with Gasteiger partial charge in [0.05, 0.1) is 0 Å². The Labute approximate surface area is 119 Å². The van der Waals surface area contributed by atoms with E-state index in [-0.39, 0.29) is 12.6 Å². The highest BCUT2D eigenvalue weighted by atomic mass is 32.2. The second-order valence-corrected chi connectivity index (χ2v) is 7.88. The van der Waals surface area contributed by atoms with Gasteiger partial charge in [-0.3, -0.25) is 0 Å². The van der Waals surface area contributed by atoms with E-state index in [1.807, 2.05) is 26.8 Å². The van der Waals surface area contributed by atoms with Gasteiger partial charge in [-0.2, -0.15) is 17.4 Å². The molecule has 110 valence electrons. The van der Waals surface area contributed by atoms with Crippen molar-refractivity contribution in [2.24, 2.45) is 0 Å². The summed E-state index contributed by atoms with van der Waals surface area (Å²) in [6.07, 6.45) is 0.433. The van der Waals surface area contributed by atoms with Gasteiger partial charge in [-0.05, 0) is 38.8 Å². The number of nitrogens with zero attached hydrogens (tertiary/aromatic N) is 1. The highest BCUT2D eigenvalue weighted by molar-refractivity contribution is 7.87. The van der Waals surface area contributed by atoms with Crippen LogP contribution in [0.25, 0.3) is 0 Å². The van der Waals surface area contributed by atoms with E-state index in [0.717, 1.165) is 10.4 Å². The van der Waals surface area contributed by atoms with Crippen molar-refractivity contribution in [3.8, 4) is 0 Å². The summed E-state index contributed by atoms with van der Waals surface area (Å²) in [4.78, 5) is 2.30. The minimum absolute atomic E-state index is 0.0156. The normalized spacial score (nSPS) is 14.0. The Morgan fingerprint density at radius 2 is 2.11 bits per heavy atom. The largest absolute Gasteiger partial charge is 0.396 e. The van der Waals surface area contributed by atoms with Crippen LogP contribution in [0.4, 0.5) is 0 Å². The summed E-state index contributed by atoms with van der Waals surface area (Å²) < 4.78 is 28.0. The van der Waals surface area contributed by atoms with Crippen molar-refractivity contribution in [1.82, 2.24) is 9.03 Å². The van der Waals surface area contributed by atoms with E-state index in [9.17, 15) is 8.42 Å². The Hall–Kier alpha value is -0.470. The summed E-state index contributed by atoms with van der Waals surface area (Å²) in [5.74, 6) is 0. The molecule has 7 heteroatoms. The smallest absolute Gasteiger partial charge is 0.279 e. The molecule has 1 aromatic heterocycles. The summed E-state index contributed by atoms with van der Waals surface area (Å²) in [7, 11) is -2.00. The van der Waals surface area contributed by atoms with Crippen molar-refractivity contribution in [3.05, 3.63) is 21.4 Å². The van der Waals surface area contributed by atoms with E-state index < -0.39 is 10.2 Å². The summed E-state index contributed by atoms with van der Waals surface area (Å²) >= 11 is 1.66. The maximum atomic E-state index is 12.1. The molecule has 1 rings (SSSR count). The minimum atomic E-state index is -3.51. The number of aryl methyl sites for hydroxylation is 2. The van der Waals surface area contributed by atoms with E-state index in [2.05, 4.69) is 4.72 Å². The van der Waals surface area contributed by atoms with Crippen LogP contribution in [0.1, 0.15) is 34.7 Å². The molecule has 0 bridgehead atoms. The molecule has 0 aliphatic carbocycles. The third-order valence-corrected chi connectivity index (χ3v) is 5.55. The number of nitrogens with one attached hydrogen (secondary N) is 1. The molecular weight excluding hydrogens is 284 g/mol. The van der Waals surface area contributed by atoms with Crippen molar-refractivity contribution in [1.29, 1.82) is 0 Å². The van der Waals surface area contributed by atoms with Crippen LogP contribution in [0.2, 0.25) is 0 Å². The zero-order valence-electron chi connectivity index (χ0n) is 11.8. The number of aliphatic hydroxyl groups is 1. The summed E-state index contributed by atoms with van der Waals surface area (Å²) in [5, 5.41) is 8.74. The van der Waals surface area contributed by atoms with E-state index >= 15 is 0 Å². The Morgan fingerprint density at radius 1 is 1.47 bits per heavy atom. The Kier molecular flexibility index (Phi) is 5.94. The number of hydrogen-bond donors (Lipinski definition) is 2. The molecule has 0 saturated heterocycles. The molecular formula is C12H22N2O3S2. The molecule has 5 nitrogen and oxygen atoms in total. The van der Waals surface area contributed by atoms with Crippen LogP contribution in [-0.2, 0) is 10.2 Å². The lowest BCUT2D eigenvalue weighted by molar-refractivity contribution is 0.275. The molecule has 0 aliphatic heterocycles. The molecule has 0 aliphatic rings. The Morgan fingerprint density at radius 3 is 2.58 bits per heavy atom. The van der Waals surface area contributed by atoms with Gasteiger partial charge in [-0.25, -0.2) is 0 Å². The Balaban J connectivity index is 2.75. The fourth-order valence-corrected chi connectivity index (χ4v) is 4.02. The first kappa shape index (κ1) is 16.6. The third-order valence-electron chi connectivity index (χ3n) is 2.91. The van der Waals surface area contributed by atoms with Gasteiger partial charge in [0.15, 0.2) is 0 Å². The molecule has 0 fully saturated rings. The van der Waals surface area contributed by atoms with Gasteiger partial charge in [0, 0.05) is 36.0 Å². The van der Waals surface area contributed by atoms with Crippen LogP contribution in [-0.4, -0.2) is 38.0 Å². The SMILES string of the molecule is Cc1cc(C(C)NS(=O)(=O)N(C)CCCO)c(C)s1. The lowest BCUT2D eigenvalue weighted by Gasteiger charge is -2.21. The monoisotopic (exact) mass is 306 g/mol. The molecule has 19 heavy (non-hydrogen) atoms. The predicted molar refractivity (Wildman–Crippen MR) is 78.6 cm³/mol. The van der Waals surface area contributed by atoms with Crippen molar-refractivity contribution < 1.29 is 13.5 Å². The van der Waals surface area contributed by atoms with Gasteiger partial charge >= 0.3 is 0 Å². The lowest BCUT2D eigenvalue weighted by Crippen LogP contribution is -2.40. The minimum Gasteiger partial charge on any atom is -0.396 e. The van der Waals surface area contributed by atoms with Crippen LogP contribution >= 0.6 is 11.3 Å². The van der Waals surface area contributed by atoms with E-state index in [1.165, 1.54) is 16.2 Å². The standard InChI is InChI=1S/C12H22N2O3S2/c1-9-8-12(11(3)18-9)10(2)13-19(16,17)14(4)6-5-7-15/h8,10,13,15H,5-7H2,1-4H3. The van der Waals surface area contributed by atoms with Crippen molar-refractivity contribution in [3.63, 3.8) is 0 Å². The summed E-state index contributed by atoms with van der Waals surface area (Å²) in [5.41, 5.74) is 1.02. The van der Waals surface area contributed by atoms with E-state index in [4.69, 9.17) is 5.11 Å². The first-order valence-corrected chi connectivity index (χ1v) is 8.45. The van der Waals surface area contributed by atoms with Gasteiger partial charge < -0.3 is 5.11 Å². The summed E-state index contributed by atoms with van der Waals surface area (Å²) in [6, 6.07) is 1.76. The third kappa shape index (κ3) is 4.54. The van der Waals surface area contributed by atoms with Crippen LogP contribution in [0, 0.1) is 13.8 Å². The molecule has 1 heterocycles. The number of hydrogen-bond acceptors (Lipinski definition) is 4. The van der Waals surface area contributed by atoms with Crippen molar-refractivity contribution in [2.75, 3.05) is 20.2 Å². The fraction of sp³-hybridized carbons (Fsp3) is 0.667. The molecule has 1 unspecified atom stereocenters. The highest BCUT2D eigenvalue weighted by Gasteiger charge is 2.22. The zero-order chi connectivity index (χ0) is 14.6. The molecule has 0 aromatic carbocycles. The number of thiophene rings is 1. The predicted octanol–water partition coefficient (Wildman–Crippen LogP) is 1.57. The molecule has 0 spiro atoms. The topological polar surface area (TPSA) is 69.6 Å².